The fraction of sp³-hybridized carbons (Fsp3) is 0.462. The summed E-state index contributed by atoms with van der Waals surface area (Å²) in [6, 6.07) is 2.06. The second-order valence-corrected chi connectivity index (χ2v) is 4.85. The average Bonchev–Trinajstić information content (AvgIpc) is 2.60. The average molecular weight is 290 g/mol. The molecule has 3 nitrogen and oxygen atoms in total. The number of halogens is 3. The van der Waals surface area contributed by atoms with Crippen molar-refractivity contribution >= 4 is 17.5 Å². The molecule has 1 saturated heterocycles. The highest BCUT2D eigenvalue weighted by Gasteiger charge is 2.26. The van der Waals surface area contributed by atoms with E-state index in [9.17, 15) is 13.6 Å². The summed E-state index contributed by atoms with van der Waals surface area (Å²) in [5.74, 6) is -2.37. The van der Waals surface area contributed by atoms with Crippen LogP contribution in [0.15, 0.2) is 12.1 Å². The molecule has 6 heteroatoms. The minimum Gasteiger partial charge on any atom is -0.380 e. The molecule has 0 bridgehead atoms. The first-order valence-corrected chi connectivity index (χ1v) is 6.42. The summed E-state index contributed by atoms with van der Waals surface area (Å²) in [4.78, 5) is 13.8. The number of amides is 1. The van der Waals surface area contributed by atoms with Gasteiger partial charge in [0, 0.05) is 19.2 Å². The van der Waals surface area contributed by atoms with Gasteiger partial charge in [-0.2, -0.15) is 0 Å². The molecule has 0 saturated carbocycles. The van der Waals surface area contributed by atoms with Crippen molar-refractivity contribution in [3.8, 4) is 0 Å². The highest BCUT2D eigenvalue weighted by Crippen LogP contribution is 2.24. The third kappa shape index (κ3) is 2.87. The van der Waals surface area contributed by atoms with Crippen molar-refractivity contribution in [1.82, 2.24) is 4.90 Å². The Kier molecular flexibility index (Phi) is 4.37. The lowest BCUT2D eigenvalue weighted by atomic mass is 10.1. The van der Waals surface area contributed by atoms with E-state index in [0.717, 1.165) is 12.1 Å². The van der Waals surface area contributed by atoms with Crippen LogP contribution in [0.1, 0.15) is 23.7 Å². The molecule has 0 N–H and O–H groups in total. The second kappa shape index (κ2) is 5.84. The van der Waals surface area contributed by atoms with Crippen molar-refractivity contribution in [2.45, 2.75) is 19.4 Å². The van der Waals surface area contributed by atoms with Crippen molar-refractivity contribution in [2.24, 2.45) is 0 Å². The maximum Gasteiger partial charge on any atom is 0.257 e. The molecule has 1 atom stereocenters. The smallest absolute Gasteiger partial charge is 0.257 e. The van der Waals surface area contributed by atoms with Gasteiger partial charge >= 0.3 is 0 Å². The van der Waals surface area contributed by atoms with Crippen LogP contribution in [0.5, 0.6) is 0 Å². The number of rotatable bonds is 1. The van der Waals surface area contributed by atoms with Crippen molar-refractivity contribution in [2.75, 3.05) is 19.8 Å². The van der Waals surface area contributed by atoms with Crippen LogP contribution in [0.3, 0.4) is 0 Å². The molecule has 1 aliphatic rings. The van der Waals surface area contributed by atoms with Crippen LogP contribution in [0, 0.1) is 11.6 Å². The number of hydrogen-bond donors (Lipinski definition) is 0. The normalized spacial score (nSPS) is 20.2. The quantitative estimate of drug-likeness (QED) is 0.744. The van der Waals surface area contributed by atoms with E-state index >= 15 is 0 Å². The summed E-state index contributed by atoms with van der Waals surface area (Å²) < 4.78 is 32.2. The fourth-order valence-electron chi connectivity index (χ4n) is 2.04. The maximum absolute atomic E-state index is 13.8. The minimum absolute atomic E-state index is 0.0572. The Bertz CT molecular complexity index is 496. The number of benzene rings is 1. The molecular formula is C13H14ClF2NO2. The Morgan fingerprint density at radius 2 is 2.16 bits per heavy atom. The van der Waals surface area contributed by atoms with Gasteiger partial charge < -0.3 is 9.64 Å². The van der Waals surface area contributed by atoms with Gasteiger partial charge in [-0.15, -0.1) is 0 Å². The summed E-state index contributed by atoms with van der Waals surface area (Å²) in [7, 11) is 0. The van der Waals surface area contributed by atoms with E-state index in [1.165, 1.54) is 4.90 Å². The van der Waals surface area contributed by atoms with E-state index in [2.05, 4.69) is 0 Å². The largest absolute Gasteiger partial charge is 0.380 e. The van der Waals surface area contributed by atoms with Gasteiger partial charge in [0.15, 0.2) is 5.82 Å². The molecule has 2 rings (SSSR count). The van der Waals surface area contributed by atoms with Crippen molar-refractivity contribution in [3.05, 3.63) is 34.4 Å². The molecule has 1 heterocycles. The Balaban J connectivity index is 2.30. The summed E-state index contributed by atoms with van der Waals surface area (Å²) in [6.07, 6.45) is 0.683. The molecule has 0 spiro atoms. The van der Waals surface area contributed by atoms with Crippen LogP contribution in [0.25, 0.3) is 0 Å². The fourth-order valence-corrected chi connectivity index (χ4v) is 2.21. The highest BCUT2D eigenvalue weighted by atomic mass is 35.5. The van der Waals surface area contributed by atoms with Crippen molar-refractivity contribution in [1.29, 1.82) is 0 Å². The van der Waals surface area contributed by atoms with E-state index in [-0.39, 0.29) is 11.6 Å². The van der Waals surface area contributed by atoms with E-state index in [4.69, 9.17) is 16.3 Å². The lowest BCUT2D eigenvalue weighted by molar-refractivity contribution is 0.0682. The molecule has 0 radical (unpaired) electrons. The van der Waals surface area contributed by atoms with Gasteiger partial charge in [0.1, 0.15) is 10.8 Å². The lowest BCUT2D eigenvalue weighted by Crippen LogP contribution is -2.39. The number of hydrogen-bond acceptors (Lipinski definition) is 2. The molecule has 1 aliphatic heterocycles. The van der Waals surface area contributed by atoms with Crippen LogP contribution < -0.4 is 0 Å². The predicted octanol–water partition coefficient (Wildman–Crippen LogP) is 2.87. The topological polar surface area (TPSA) is 29.5 Å². The summed E-state index contributed by atoms with van der Waals surface area (Å²) in [5, 5.41) is -0.649. The molecule has 1 aromatic rings. The molecular weight excluding hydrogens is 276 g/mol. The van der Waals surface area contributed by atoms with E-state index in [1.807, 2.05) is 6.92 Å². The number of ether oxygens (including phenoxy) is 1. The molecule has 1 amide bonds. The van der Waals surface area contributed by atoms with Crippen LogP contribution in [0.2, 0.25) is 5.02 Å². The van der Waals surface area contributed by atoms with Gasteiger partial charge in [0.2, 0.25) is 0 Å². The first kappa shape index (κ1) is 14.2. The van der Waals surface area contributed by atoms with E-state index in [0.29, 0.717) is 26.2 Å². The zero-order valence-corrected chi connectivity index (χ0v) is 11.2. The highest BCUT2D eigenvalue weighted by molar-refractivity contribution is 6.31. The molecule has 0 aromatic heterocycles. The van der Waals surface area contributed by atoms with Gasteiger partial charge in [0.05, 0.1) is 12.2 Å². The maximum atomic E-state index is 13.8. The Labute approximate surface area is 115 Å². The number of carbonyl (C=O) groups excluding carboxylic acids is 1. The van der Waals surface area contributed by atoms with Gasteiger partial charge in [-0.05, 0) is 25.5 Å². The lowest BCUT2D eigenvalue weighted by Gasteiger charge is -2.26. The van der Waals surface area contributed by atoms with E-state index < -0.39 is 22.6 Å². The third-order valence-electron chi connectivity index (χ3n) is 3.22. The zero-order valence-electron chi connectivity index (χ0n) is 10.5. The van der Waals surface area contributed by atoms with Crippen LogP contribution >= 0.6 is 11.6 Å². The Hall–Kier alpha value is -1.20. The first-order valence-electron chi connectivity index (χ1n) is 6.04. The SMILES string of the molecule is C[C@@H]1CCOCCN1C(=O)c1ccc(F)c(Cl)c1F. The van der Waals surface area contributed by atoms with Gasteiger partial charge in [-0.3, -0.25) is 4.79 Å². The number of nitrogens with zero attached hydrogens (tertiary/aromatic N) is 1. The number of carbonyl (C=O) groups is 1. The van der Waals surface area contributed by atoms with Gasteiger partial charge in [-0.25, -0.2) is 8.78 Å². The first-order chi connectivity index (χ1) is 9.02. The third-order valence-corrected chi connectivity index (χ3v) is 3.56. The van der Waals surface area contributed by atoms with Crippen molar-refractivity contribution < 1.29 is 18.3 Å². The Morgan fingerprint density at radius 3 is 2.89 bits per heavy atom. The summed E-state index contributed by atoms with van der Waals surface area (Å²) in [6.45, 7) is 3.23. The van der Waals surface area contributed by atoms with Gasteiger partial charge in [-0.1, -0.05) is 11.6 Å². The van der Waals surface area contributed by atoms with E-state index in [1.54, 1.807) is 0 Å². The second-order valence-electron chi connectivity index (χ2n) is 4.47. The molecule has 1 aromatic carbocycles. The van der Waals surface area contributed by atoms with Crippen LogP contribution in [0.4, 0.5) is 8.78 Å². The standard InChI is InChI=1S/C13H14ClF2NO2/c1-8-4-6-19-7-5-17(8)13(18)9-2-3-10(15)11(14)12(9)16/h2-3,8H,4-7H2,1H3/t8-/m1/s1. The monoisotopic (exact) mass is 289 g/mol. The van der Waals surface area contributed by atoms with Gasteiger partial charge in [0.25, 0.3) is 5.91 Å². The minimum atomic E-state index is -1.01. The molecule has 0 aliphatic carbocycles. The zero-order chi connectivity index (χ0) is 14.0. The molecule has 104 valence electrons. The molecule has 0 unspecified atom stereocenters. The Morgan fingerprint density at radius 1 is 1.42 bits per heavy atom. The summed E-state index contributed by atoms with van der Waals surface area (Å²) in [5.41, 5.74) is -0.208. The molecule has 19 heavy (non-hydrogen) atoms. The molecule has 1 fully saturated rings. The van der Waals surface area contributed by atoms with Crippen LogP contribution in [-0.2, 0) is 4.74 Å². The van der Waals surface area contributed by atoms with Crippen LogP contribution in [-0.4, -0.2) is 36.6 Å². The predicted molar refractivity (Wildman–Crippen MR) is 67.3 cm³/mol. The van der Waals surface area contributed by atoms with Crippen molar-refractivity contribution in [3.63, 3.8) is 0 Å². The summed E-state index contributed by atoms with van der Waals surface area (Å²) >= 11 is 5.49.